The van der Waals surface area contributed by atoms with Crippen molar-refractivity contribution in [1.82, 2.24) is 20.6 Å². The number of ether oxygens (including phenoxy) is 1. The fourth-order valence-electron chi connectivity index (χ4n) is 2.27. The van der Waals surface area contributed by atoms with Crippen LogP contribution in [0.15, 0.2) is 29.1 Å². The van der Waals surface area contributed by atoms with Gasteiger partial charge in [0.2, 0.25) is 5.75 Å². The van der Waals surface area contributed by atoms with Gasteiger partial charge in [-0.25, -0.2) is 14.2 Å². The van der Waals surface area contributed by atoms with Crippen molar-refractivity contribution in [3.63, 3.8) is 0 Å². The number of nitrogens with zero attached hydrogens (tertiary/aromatic N) is 1. The summed E-state index contributed by atoms with van der Waals surface area (Å²) in [5, 5.41) is 24.1. The molecule has 1 aromatic carbocycles. The first-order valence-corrected chi connectivity index (χ1v) is 8.65. The van der Waals surface area contributed by atoms with Crippen molar-refractivity contribution in [2.45, 2.75) is 32.5 Å². The fraction of sp³-hybridized carbons (Fsp3) is 0.333. The second-order valence-electron chi connectivity index (χ2n) is 6.29. The summed E-state index contributed by atoms with van der Waals surface area (Å²) >= 11 is 0. The molecule has 10 nitrogen and oxygen atoms in total. The van der Waals surface area contributed by atoms with Crippen LogP contribution in [0.2, 0.25) is 0 Å². The molecular weight excluding hydrogens is 387 g/mol. The molecule has 1 aromatic heterocycles. The Balaban J connectivity index is 2.20. The molecule has 0 saturated heterocycles. The lowest BCUT2D eigenvalue weighted by Crippen LogP contribution is -2.36. The summed E-state index contributed by atoms with van der Waals surface area (Å²) in [5.74, 6) is -2.48. The number of aliphatic hydroxyl groups is 1. The highest BCUT2D eigenvalue weighted by atomic mass is 19.1. The molecule has 156 valence electrons. The van der Waals surface area contributed by atoms with Crippen molar-refractivity contribution in [3.8, 4) is 5.75 Å². The average molecular weight is 408 g/mol. The second-order valence-corrected chi connectivity index (χ2v) is 6.29. The first-order valence-electron chi connectivity index (χ1n) is 8.65. The minimum absolute atomic E-state index is 0.00917. The Morgan fingerprint density at radius 3 is 2.52 bits per heavy atom. The molecule has 2 aromatic rings. The summed E-state index contributed by atoms with van der Waals surface area (Å²) in [7, 11) is 0. The SMILES string of the molecule is CC(C)OC(=O)NC(CO)c1nc(C(=O)NCc2ccc(F)cc2)c(O)c(=O)[nH]1. The van der Waals surface area contributed by atoms with Crippen LogP contribution < -0.4 is 16.2 Å². The van der Waals surface area contributed by atoms with Gasteiger partial charge < -0.3 is 30.6 Å². The Kier molecular flexibility index (Phi) is 7.26. The topological polar surface area (TPSA) is 154 Å². The minimum atomic E-state index is -1.18. The number of alkyl carbamates (subject to hydrolysis) is 1. The standard InChI is InChI=1S/C18H21FN4O6/c1-9(2)29-18(28)21-12(8-24)15-22-13(14(25)17(27)23-15)16(26)20-7-10-3-5-11(19)6-4-10/h3-6,9,12,24-25H,7-8H2,1-2H3,(H,20,26)(H,21,28)(H,22,23,27). The number of H-pyrrole nitrogens is 1. The van der Waals surface area contributed by atoms with Crippen LogP contribution >= 0.6 is 0 Å². The van der Waals surface area contributed by atoms with E-state index in [1.807, 2.05) is 0 Å². The molecule has 0 aliphatic carbocycles. The van der Waals surface area contributed by atoms with Gasteiger partial charge in [-0.15, -0.1) is 0 Å². The zero-order chi connectivity index (χ0) is 21.6. The number of carbonyl (C=O) groups is 2. The van der Waals surface area contributed by atoms with E-state index in [-0.39, 0.29) is 12.4 Å². The Bertz CT molecular complexity index is 929. The van der Waals surface area contributed by atoms with Gasteiger partial charge >= 0.3 is 6.09 Å². The van der Waals surface area contributed by atoms with Gasteiger partial charge in [-0.1, -0.05) is 12.1 Å². The maximum absolute atomic E-state index is 12.9. The first-order chi connectivity index (χ1) is 13.7. The quantitative estimate of drug-likeness (QED) is 0.452. The van der Waals surface area contributed by atoms with Crippen LogP contribution in [0.3, 0.4) is 0 Å². The normalized spacial score (nSPS) is 11.8. The second kappa shape index (κ2) is 9.64. The molecule has 0 fully saturated rings. The fourth-order valence-corrected chi connectivity index (χ4v) is 2.27. The van der Waals surface area contributed by atoms with Gasteiger partial charge in [-0.05, 0) is 31.5 Å². The number of aromatic amines is 1. The zero-order valence-corrected chi connectivity index (χ0v) is 15.7. The smallest absolute Gasteiger partial charge is 0.408 e. The van der Waals surface area contributed by atoms with Crippen molar-refractivity contribution in [2.75, 3.05) is 6.61 Å². The molecule has 0 aliphatic rings. The van der Waals surface area contributed by atoms with E-state index in [0.717, 1.165) is 0 Å². The van der Waals surface area contributed by atoms with Crippen LogP contribution in [0.5, 0.6) is 5.75 Å². The van der Waals surface area contributed by atoms with E-state index in [2.05, 4.69) is 20.6 Å². The zero-order valence-electron chi connectivity index (χ0n) is 15.7. The van der Waals surface area contributed by atoms with Crippen molar-refractivity contribution in [1.29, 1.82) is 0 Å². The monoisotopic (exact) mass is 408 g/mol. The number of nitrogens with one attached hydrogen (secondary N) is 3. The lowest BCUT2D eigenvalue weighted by molar-refractivity contribution is 0.0941. The Labute approximate surface area is 164 Å². The molecule has 11 heteroatoms. The summed E-state index contributed by atoms with van der Waals surface area (Å²) in [6, 6.07) is 4.17. The number of halogens is 1. The minimum Gasteiger partial charge on any atom is -0.501 e. The molecule has 0 saturated carbocycles. The Morgan fingerprint density at radius 1 is 1.28 bits per heavy atom. The molecule has 0 spiro atoms. The number of amides is 2. The van der Waals surface area contributed by atoms with Crippen molar-refractivity contribution < 1.29 is 28.9 Å². The van der Waals surface area contributed by atoms with E-state index in [4.69, 9.17) is 4.74 Å². The molecule has 1 atom stereocenters. The van der Waals surface area contributed by atoms with Crippen LogP contribution in [-0.4, -0.2) is 44.9 Å². The molecule has 0 aliphatic heterocycles. The van der Waals surface area contributed by atoms with Crippen molar-refractivity contribution in [3.05, 3.63) is 57.5 Å². The van der Waals surface area contributed by atoms with Crippen LogP contribution in [0.1, 0.15) is 41.8 Å². The van der Waals surface area contributed by atoms with Crippen LogP contribution in [0.4, 0.5) is 9.18 Å². The molecule has 5 N–H and O–H groups in total. The van der Waals surface area contributed by atoms with Gasteiger partial charge in [0.05, 0.1) is 12.7 Å². The van der Waals surface area contributed by atoms with Gasteiger partial charge in [0.25, 0.3) is 11.5 Å². The third kappa shape index (κ3) is 6.01. The first kappa shape index (κ1) is 21.8. The molecular formula is C18H21FN4O6. The Hall–Kier alpha value is -3.47. The van der Waals surface area contributed by atoms with Gasteiger partial charge in [-0.2, -0.15) is 0 Å². The molecule has 1 unspecified atom stereocenters. The maximum atomic E-state index is 12.9. The van der Waals surface area contributed by atoms with Gasteiger partial charge in [-0.3, -0.25) is 9.59 Å². The number of aromatic hydroxyl groups is 1. The van der Waals surface area contributed by atoms with Crippen LogP contribution in [-0.2, 0) is 11.3 Å². The highest BCUT2D eigenvalue weighted by Crippen LogP contribution is 2.13. The summed E-state index contributed by atoms with van der Waals surface area (Å²) in [5.41, 5.74) is -1.04. The summed E-state index contributed by atoms with van der Waals surface area (Å²) < 4.78 is 17.8. The molecule has 2 rings (SSSR count). The largest absolute Gasteiger partial charge is 0.501 e. The van der Waals surface area contributed by atoms with Crippen LogP contribution in [0, 0.1) is 5.82 Å². The van der Waals surface area contributed by atoms with E-state index < -0.39 is 53.6 Å². The maximum Gasteiger partial charge on any atom is 0.408 e. The third-order valence-electron chi connectivity index (χ3n) is 3.64. The van der Waals surface area contributed by atoms with Gasteiger partial charge in [0.15, 0.2) is 5.69 Å². The van der Waals surface area contributed by atoms with E-state index in [1.54, 1.807) is 13.8 Å². The number of carbonyl (C=O) groups excluding carboxylic acids is 2. The predicted molar refractivity (Wildman–Crippen MR) is 98.7 cm³/mol. The molecule has 29 heavy (non-hydrogen) atoms. The van der Waals surface area contributed by atoms with E-state index in [9.17, 15) is 29.0 Å². The number of aliphatic hydroxyl groups excluding tert-OH is 1. The number of hydrogen-bond donors (Lipinski definition) is 5. The van der Waals surface area contributed by atoms with Gasteiger partial charge in [0.1, 0.15) is 17.7 Å². The lowest BCUT2D eigenvalue weighted by Gasteiger charge is -2.17. The number of rotatable bonds is 7. The molecule has 0 bridgehead atoms. The Morgan fingerprint density at radius 2 is 1.93 bits per heavy atom. The highest BCUT2D eigenvalue weighted by Gasteiger charge is 2.23. The lowest BCUT2D eigenvalue weighted by atomic mass is 10.2. The molecule has 2 amide bonds. The number of hydrogen-bond acceptors (Lipinski definition) is 7. The van der Waals surface area contributed by atoms with Gasteiger partial charge in [0, 0.05) is 6.54 Å². The summed E-state index contributed by atoms with van der Waals surface area (Å²) in [6.07, 6.45) is -1.29. The number of aromatic nitrogens is 2. The molecule has 1 heterocycles. The summed E-state index contributed by atoms with van der Waals surface area (Å²) in [6.45, 7) is 2.58. The predicted octanol–water partition coefficient (Wildman–Crippen LogP) is 0.713. The van der Waals surface area contributed by atoms with E-state index >= 15 is 0 Å². The molecule has 0 radical (unpaired) electrons. The van der Waals surface area contributed by atoms with E-state index in [0.29, 0.717) is 5.56 Å². The number of benzene rings is 1. The van der Waals surface area contributed by atoms with E-state index in [1.165, 1.54) is 24.3 Å². The van der Waals surface area contributed by atoms with Crippen molar-refractivity contribution >= 4 is 12.0 Å². The average Bonchev–Trinajstić information content (AvgIpc) is 2.67. The third-order valence-corrected chi connectivity index (χ3v) is 3.64. The van der Waals surface area contributed by atoms with Crippen molar-refractivity contribution in [2.24, 2.45) is 0 Å². The van der Waals surface area contributed by atoms with Crippen LogP contribution in [0.25, 0.3) is 0 Å². The summed E-state index contributed by atoms with van der Waals surface area (Å²) in [4.78, 5) is 42.1. The highest BCUT2D eigenvalue weighted by molar-refractivity contribution is 5.94.